The predicted octanol–water partition coefficient (Wildman–Crippen LogP) is 0.479. The molecule has 2 heterocycles. The number of carbonyl (C=O) groups excluding carboxylic acids is 1. The zero-order valence-electron chi connectivity index (χ0n) is 10.2. The van der Waals surface area contributed by atoms with Crippen molar-refractivity contribution in [2.75, 3.05) is 33.3 Å². The van der Waals surface area contributed by atoms with Crippen molar-refractivity contribution in [3.05, 3.63) is 0 Å². The van der Waals surface area contributed by atoms with Crippen LogP contribution in [-0.4, -0.2) is 50.2 Å². The van der Waals surface area contributed by atoms with Crippen molar-refractivity contribution in [3.8, 4) is 0 Å². The number of ether oxygens (including phenoxy) is 1. The van der Waals surface area contributed by atoms with Gasteiger partial charge in [0, 0.05) is 26.7 Å². The lowest BCUT2D eigenvalue weighted by atomic mass is 9.95. The molecule has 16 heavy (non-hydrogen) atoms. The summed E-state index contributed by atoms with van der Waals surface area (Å²) >= 11 is 0. The molecule has 1 N–H and O–H groups in total. The Hall–Kier alpha value is -0.610. The van der Waals surface area contributed by atoms with Gasteiger partial charge < -0.3 is 15.0 Å². The molecule has 0 aliphatic carbocycles. The zero-order chi connectivity index (χ0) is 11.5. The van der Waals surface area contributed by atoms with E-state index >= 15 is 0 Å². The normalized spacial score (nSPS) is 32.0. The number of rotatable bonds is 2. The molecular formula is C12H22N2O2. The van der Waals surface area contributed by atoms with Crippen molar-refractivity contribution >= 4 is 5.91 Å². The van der Waals surface area contributed by atoms with Crippen molar-refractivity contribution in [3.63, 3.8) is 0 Å². The van der Waals surface area contributed by atoms with Gasteiger partial charge in [-0.05, 0) is 25.3 Å². The van der Waals surface area contributed by atoms with E-state index < -0.39 is 0 Å². The molecule has 2 fully saturated rings. The first kappa shape index (κ1) is 11.9. The summed E-state index contributed by atoms with van der Waals surface area (Å²) in [6, 6.07) is 0. The lowest BCUT2D eigenvalue weighted by Crippen LogP contribution is -2.44. The maximum Gasteiger partial charge on any atom is 0.227 e. The average molecular weight is 226 g/mol. The van der Waals surface area contributed by atoms with Crippen molar-refractivity contribution in [1.29, 1.82) is 0 Å². The van der Waals surface area contributed by atoms with E-state index in [4.69, 9.17) is 4.74 Å². The standard InChI is InChI=1S/C12H22N2O2/c1-9-7-13-8-11(9)12(15)14-5-3-10(16-2)4-6-14/h9-11,13H,3-8H2,1-2H3. The molecule has 1 amide bonds. The fourth-order valence-electron chi connectivity index (χ4n) is 2.69. The predicted molar refractivity (Wildman–Crippen MR) is 62.1 cm³/mol. The van der Waals surface area contributed by atoms with E-state index in [0.29, 0.717) is 17.9 Å². The van der Waals surface area contributed by atoms with Crippen LogP contribution in [-0.2, 0) is 9.53 Å². The highest BCUT2D eigenvalue weighted by Crippen LogP contribution is 2.21. The highest BCUT2D eigenvalue weighted by molar-refractivity contribution is 5.79. The quantitative estimate of drug-likeness (QED) is 0.744. The van der Waals surface area contributed by atoms with Gasteiger partial charge in [0.25, 0.3) is 0 Å². The molecular weight excluding hydrogens is 204 g/mol. The Morgan fingerprint density at radius 2 is 2.00 bits per heavy atom. The molecule has 0 aromatic rings. The van der Waals surface area contributed by atoms with E-state index in [0.717, 1.165) is 39.0 Å². The van der Waals surface area contributed by atoms with E-state index in [2.05, 4.69) is 12.2 Å². The van der Waals surface area contributed by atoms with Gasteiger partial charge in [0.1, 0.15) is 0 Å². The second-order valence-electron chi connectivity index (χ2n) is 5.00. The van der Waals surface area contributed by atoms with Crippen LogP contribution in [0.5, 0.6) is 0 Å². The Kier molecular flexibility index (Phi) is 3.82. The smallest absolute Gasteiger partial charge is 0.227 e. The molecule has 4 heteroatoms. The molecule has 0 bridgehead atoms. The third-order valence-electron chi connectivity index (χ3n) is 3.92. The maximum atomic E-state index is 12.3. The lowest BCUT2D eigenvalue weighted by molar-refractivity contribution is -0.138. The lowest BCUT2D eigenvalue weighted by Gasteiger charge is -2.33. The van der Waals surface area contributed by atoms with Gasteiger partial charge >= 0.3 is 0 Å². The van der Waals surface area contributed by atoms with E-state index in [-0.39, 0.29) is 5.92 Å². The summed E-state index contributed by atoms with van der Waals surface area (Å²) in [5.41, 5.74) is 0. The fourth-order valence-corrected chi connectivity index (χ4v) is 2.69. The van der Waals surface area contributed by atoms with Gasteiger partial charge in [0.15, 0.2) is 0 Å². The molecule has 0 saturated carbocycles. The Morgan fingerprint density at radius 3 is 2.50 bits per heavy atom. The summed E-state index contributed by atoms with van der Waals surface area (Å²) in [6.07, 6.45) is 2.32. The van der Waals surface area contributed by atoms with Gasteiger partial charge in [-0.3, -0.25) is 4.79 Å². The number of amides is 1. The SMILES string of the molecule is COC1CCN(C(=O)C2CNCC2C)CC1. The molecule has 2 rings (SSSR count). The van der Waals surface area contributed by atoms with Crippen LogP contribution in [0, 0.1) is 11.8 Å². The Labute approximate surface area is 97.3 Å². The van der Waals surface area contributed by atoms with Crippen molar-refractivity contribution in [1.82, 2.24) is 10.2 Å². The van der Waals surface area contributed by atoms with E-state index in [9.17, 15) is 4.79 Å². The zero-order valence-corrected chi connectivity index (χ0v) is 10.2. The van der Waals surface area contributed by atoms with E-state index in [1.807, 2.05) is 4.90 Å². The van der Waals surface area contributed by atoms with Crippen LogP contribution < -0.4 is 5.32 Å². The minimum absolute atomic E-state index is 0.194. The molecule has 0 aromatic heterocycles. The van der Waals surface area contributed by atoms with Crippen LogP contribution in [0.4, 0.5) is 0 Å². The molecule has 0 spiro atoms. The molecule has 4 nitrogen and oxygen atoms in total. The van der Waals surface area contributed by atoms with Gasteiger partial charge in [-0.2, -0.15) is 0 Å². The maximum absolute atomic E-state index is 12.3. The minimum atomic E-state index is 0.194. The largest absolute Gasteiger partial charge is 0.381 e. The number of piperidine rings is 1. The molecule has 2 saturated heterocycles. The number of nitrogens with zero attached hydrogens (tertiary/aromatic N) is 1. The summed E-state index contributed by atoms with van der Waals surface area (Å²) in [5, 5.41) is 3.29. The third-order valence-corrected chi connectivity index (χ3v) is 3.92. The number of likely N-dealkylation sites (tertiary alicyclic amines) is 1. The van der Waals surface area contributed by atoms with Crippen LogP contribution in [0.15, 0.2) is 0 Å². The van der Waals surface area contributed by atoms with Crippen LogP contribution in [0.25, 0.3) is 0 Å². The van der Waals surface area contributed by atoms with Gasteiger partial charge in [-0.1, -0.05) is 6.92 Å². The van der Waals surface area contributed by atoms with E-state index in [1.54, 1.807) is 7.11 Å². The first-order valence-electron chi connectivity index (χ1n) is 6.24. The number of carbonyl (C=O) groups is 1. The second-order valence-corrected chi connectivity index (χ2v) is 5.00. The summed E-state index contributed by atoms with van der Waals surface area (Å²) in [4.78, 5) is 14.3. The molecule has 2 unspecified atom stereocenters. The van der Waals surface area contributed by atoms with Crippen LogP contribution in [0.2, 0.25) is 0 Å². The molecule has 92 valence electrons. The summed E-state index contributed by atoms with van der Waals surface area (Å²) in [6.45, 7) is 5.71. The van der Waals surface area contributed by atoms with Crippen molar-refractivity contribution in [2.24, 2.45) is 11.8 Å². The van der Waals surface area contributed by atoms with Gasteiger partial charge in [-0.25, -0.2) is 0 Å². The third kappa shape index (κ3) is 2.38. The molecule has 0 aromatic carbocycles. The molecule has 0 radical (unpaired) electrons. The number of nitrogens with one attached hydrogen (secondary N) is 1. The first-order chi connectivity index (χ1) is 7.72. The van der Waals surface area contributed by atoms with Crippen LogP contribution in [0.3, 0.4) is 0 Å². The van der Waals surface area contributed by atoms with E-state index in [1.165, 1.54) is 0 Å². The average Bonchev–Trinajstić information content (AvgIpc) is 2.75. The first-order valence-corrected chi connectivity index (χ1v) is 6.24. The van der Waals surface area contributed by atoms with Crippen molar-refractivity contribution in [2.45, 2.75) is 25.9 Å². The minimum Gasteiger partial charge on any atom is -0.381 e. The van der Waals surface area contributed by atoms with Crippen molar-refractivity contribution < 1.29 is 9.53 Å². The second kappa shape index (κ2) is 5.15. The van der Waals surface area contributed by atoms with Crippen LogP contribution in [0.1, 0.15) is 19.8 Å². The number of methoxy groups -OCH3 is 1. The Balaban J connectivity index is 1.86. The van der Waals surface area contributed by atoms with Gasteiger partial charge in [0.05, 0.1) is 12.0 Å². The summed E-state index contributed by atoms with van der Waals surface area (Å²) in [7, 11) is 1.76. The summed E-state index contributed by atoms with van der Waals surface area (Å²) in [5.74, 6) is 1.01. The molecule has 2 aliphatic heterocycles. The Morgan fingerprint density at radius 1 is 1.31 bits per heavy atom. The summed E-state index contributed by atoms with van der Waals surface area (Å²) < 4.78 is 5.32. The Bertz CT molecular complexity index is 249. The van der Waals surface area contributed by atoms with Gasteiger partial charge in [0.2, 0.25) is 5.91 Å². The fraction of sp³-hybridized carbons (Fsp3) is 0.917. The van der Waals surface area contributed by atoms with Crippen LogP contribution >= 0.6 is 0 Å². The monoisotopic (exact) mass is 226 g/mol. The highest BCUT2D eigenvalue weighted by atomic mass is 16.5. The highest BCUT2D eigenvalue weighted by Gasteiger charge is 2.34. The molecule has 2 atom stereocenters. The van der Waals surface area contributed by atoms with Gasteiger partial charge in [-0.15, -0.1) is 0 Å². The number of hydrogen-bond acceptors (Lipinski definition) is 3. The number of hydrogen-bond donors (Lipinski definition) is 1. The molecule has 2 aliphatic rings. The topological polar surface area (TPSA) is 41.6 Å².